The van der Waals surface area contributed by atoms with Gasteiger partial charge in [-0.25, -0.2) is 0 Å². The van der Waals surface area contributed by atoms with Crippen LogP contribution in [0.1, 0.15) is 19.8 Å². The summed E-state index contributed by atoms with van der Waals surface area (Å²) in [6, 6.07) is -0.00675. The van der Waals surface area contributed by atoms with Gasteiger partial charge in [-0.3, -0.25) is 4.79 Å². The van der Waals surface area contributed by atoms with E-state index < -0.39 is 0 Å². The summed E-state index contributed by atoms with van der Waals surface area (Å²) >= 11 is 1.91. The molecule has 0 saturated carbocycles. The van der Waals surface area contributed by atoms with Crippen LogP contribution in [0.3, 0.4) is 0 Å². The molecule has 1 aliphatic rings. The third-order valence-electron chi connectivity index (χ3n) is 2.92. The van der Waals surface area contributed by atoms with Crippen LogP contribution in [0.2, 0.25) is 0 Å². The van der Waals surface area contributed by atoms with E-state index in [4.69, 9.17) is 10.5 Å². The summed E-state index contributed by atoms with van der Waals surface area (Å²) in [6.07, 6.45) is 1.78. The number of nitrogens with two attached hydrogens (primary N) is 1. The summed E-state index contributed by atoms with van der Waals surface area (Å²) < 4.78 is 5.05. The molecule has 4 nitrogen and oxygen atoms in total. The lowest BCUT2D eigenvalue weighted by molar-refractivity contribution is -0.135. The molecule has 2 atom stereocenters. The van der Waals surface area contributed by atoms with E-state index in [1.165, 1.54) is 0 Å². The maximum Gasteiger partial charge on any atom is 0.239 e. The van der Waals surface area contributed by atoms with Crippen LogP contribution in [0.4, 0.5) is 0 Å². The molecule has 94 valence electrons. The lowest BCUT2D eigenvalue weighted by Crippen LogP contribution is -2.49. The van der Waals surface area contributed by atoms with Gasteiger partial charge < -0.3 is 15.4 Å². The highest BCUT2D eigenvalue weighted by molar-refractivity contribution is 7.99. The number of ether oxygens (including phenoxy) is 1. The zero-order chi connectivity index (χ0) is 12.0. The van der Waals surface area contributed by atoms with Crippen molar-refractivity contribution in [1.82, 2.24) is 4.90 Å². The number of hydrogen-bond acceptors (Lipinski definition) is 4. The van der Waals surface area contributed by atoms with Crippen LogP contribution in [0.5, 0.6) is 0 Å². The number of thioether (sulfide) groups is 1. The number of carbonyl (C=O) groups is 1. The first kappa shape index (κ1) is 13.8. The van der Waals surface area contributed by atoms with Crippen LogP contribution in [-0.4, -0.2) is 54.7 Å². The van der Waals surface area contributed by atoms with Crippen molar-refractivity contribution in [3.8, 4) is 0 Å². The van der Waals surface area contributed by atoms with Gasteiger partial charge in [-0.1, -0.05) is 6.92 Å². The smallest absolute Gasteiger partial charge is 0.239 e. The number of methoxy groups -OCH3 is 1. The molecule has 16 heavy (non-hydrogen) atoms. The van der Waals surface area contributed by atoms with Crippen LogP contribution in [0, 0.1) is 0 Å². The fraction of sp³-hybridized carbons (Fsp3) is 0.909. The molecule has 2 N–H and O–H groups in total. The lowest BCUT2D eigenvalue weighted by atomic mass is 10.1. The van der Waals surface area contributed by atoms with Crippen LogP contribution in [0.15, 0.2) is 0 Å². The number of hydrogen-bond donors (Lipinski definition) is 1. The summed E-state index contributed by atoms with van der Waals surface area (Å²) in [4.78, 5) is 14.0. The van der Waals surface area contributed by atoms with Crippen molar-refractivity contribution in [3.05, 3.63) is 0 Å². The number of carbonyl (C=O) groups excluding carboxylic acids is 1. The first-order valence-electron chi connectivity index (χ1n) is 5.83. The van der Waals surface area contributed by atoms with Crippen LogP contribution in [-0.2, 0) is 9.53 Å². The standard InChI is InChI=1S/C11H22N2O2S/c1-3-10(12)11(14)13(5-6-15-2)9-4-7-16-8-9/h9-10H,3-8,12H2,1-2H3/t9?,10-/m0/s1. The van der Waals surface area contributed by atoms with Crippen LogP contribution >= 0.6 is 11.8 Å². The number of amides is 1. The van der Waals surface area contributed by atoms with Crippen molar-refractivity contribution in [2.24, 2.45) is 5.73 Å². The Hall–Kier alpha value is -0.260. The molecule has 0 bridgehead atoms. The normalized spacial score (nSPS) is 22.1. The summed E-state index contributed by atoms with van der Waals surface area (Å²) in [6.45, 7) is 3.19. The third-order valence-corrected chi connectivity index (χ3v) is 4.07. The molecule has 0 aliphatic carbocycles. The van der Waals surface area contributed by atoms with Crippen molar-refractivity contribution >= 4 is 17.7 Å². The van der Waals surface area contributed by atoms with E-state index in [0.29, 0.717) is 25.6 Å². The van der Waals surface area contributed by atoms with Gasteiger partial charge in [-0.2, -0.15) is 11.8 Å². The molecule has 0 radical (unpaired) electrons. The van der Waals surface area contributed by atoms with Crippen molar-refractivity contribution in [1.29, 1.82) is 0 Å². The van der Waals surface area contributed by atoms with Crippen LogP contribution < -0.4 is 5.73 Å². The van der Waals surface area contributed by atoms with Crippen molar-refractivity contribution in [2.75, 3.05) is 31.8 Å². The van der Waals surface area contributed by atoms with Crippen molar-refractivity contribution < 1.29 is 9.53 Å². The molecule has 1 rings (SSSR count). The monoisotopic (exact) mass is 246 g/mol. The largest absolute Gasteiger partial charge is 0.383 e. The van der Waals surface area contributed by atoms with E-state index in [1.54, 1.807) is 7.11 Å². The maximum atomic E-state index is 12.1. The average Bonchev–Trinajstić information content (AvgIpc) is 2.82. The molecule has 1 saturated heterocycles. The van der Waals surface area contributed by atoms with E-state index in [-0.39, 0.29) is 11.9 Å². The van der Waals surface area contributed by atoms with E-state index in [9.17, 15) is 4.79 Å². The van der Waals surface area contributed by atoms with E-state index in [1.807, 2.05) is 23.6 Å². The van der Waals surface area contributed by atoms with Gasteiger partial charge in [0, 0.05) is 25.4 Å². The van der Waals surface area contributed by atoms with Gasteiger partial charge in [-0.15, -0.1) is 0 Å². The summed E-state index contributed by atoms with van der Waals surface area (Å²) in [7, 11) is 1.66. The third kappa shape index (κ3) is 3.64. The fourth-order valence-electron chi connectivity index (χ4n) is 1.82. The minimum atomic E-state index is -0.359. The zero-order valence-corrected chi connectivity index (χ0v) is 11.0. The van der Waals surface area contributed by atoms with Crippen LogP contribution in [0.25, 0.3) is 0 Å². The number of rotatable bonds is 6. The predicted molar refractivity (Wildman–Crippen MR) is 67.6 cm³/mol. The molecule has 1 amide bonds. The average molecular weight is 246 g/mol. The van der Waals surface area contributed by atoms with Gasteiger partial charge in [0.25, 0.3) is 0 Å². The Labute approximate surface area is 102 Å². The van der Waals surface area contributed by atoms with Gasteiger partial charge in [0.1, 0.15) is 0 Å². The molecular formula is C11H22N2O2S. The van der Waals surface area contributed by atoms with Crippen molar-refractivity contribution in [2.45, 2.75) is 31.8 Å². The summed E-state index contributed by atoms with van der Waals surface area (Å²) in [5, 5.41) is 0. The number of nitrogens with zero attached hydrogens (tertiary/aromatic N) is 1. The molecule has 1 heterocycles. The molecule has 0 spiro atoms. The van der Waals surface area contributed by atoms with E-state index >= 15 is 0 Å². The Morgan fingerprint density at radius 1 is 1.69 bits per heavy atom. The summed E-state index contributed by atoms with van der Waals surface area (Å²) in [5.41, 5.74) is 5.82. The zero-order valence-electron chi connectivity index (χ0n) is 10.1. The van der Waals surface area contributed by atoms with Gasteiger partial charge in [0.2, 0.25) is 5.91 Å². The molecule has 5 heteroatoms. The molecule has 0 aromatic heterocycles. The van der Waals surface area contributed by atoms with Crippen molar-refractivity contribution in [3.63, 3.8) is 0 Å². The molecular weight excluding hydrogens is 224 g/mol. The van der Waals surface area contributed by atoms with E-state index in [2.05, 4.69) is 0 Å². The second-order valence-corrected chi connectivity index (χ2v) is 5.21. The SMILES string of the molecule is CC[C@H](N)C(=O)N(CCOC)C1CCSC1. The Morgan fingerprint density at radius 2 is 2.44 bits per heavy atom. The highest BCUT2D eigenvalue weighted by atomic mass is 32.2. The lowest BCUT2D eigenvalue weighted by Gasteiger charge is -2.30. The molecule has 1 fully saturated rings. The quantitative estimate of drug-likeness (QED) is 0.750. The Balaban J connectivity index is 2.57. The minimum absolute atomic E-state index is 0.0760. The van der Waals surface area contributed by atoms with Gasteiger partial charge in [0.15, 0.2) is 0 Å². The van der Waals surface area contributed by atoms with E-state index in [0.717, 1.165) is 17.9 Å². The molecule has 1 aliphatic heterocycles. The molecule has 1 unspecified atom stereocenters. The second kappa shape index (κ2) is 7.14. The Bertz CT molecular complexity index is 220. The highest BCUT2D eigenvalue weighted by Gasteiger charge is 2.29. The molecule has 0 aromatic rings. The Kier molecular flexibility index (Phi) is 6.16. The molecule has 0 aromatic carbocycles. The predicted octanol–water partition coefficient (Wildman–Crippen LogP) is 0.704. The van der Waals surface area contributed by atoms with Gasteiger partial charge in [0.05, 0.1) is 12.6 Å². The highest BCUT2D eigenvalue weighted by Crippen LogP contribution is 2.22. The fourth-order valence-corrected chi connectivity index (χ4v) is 3.04. The summed E-state index contributed by atoms with van der Waals surface area (Å²) in [5.74, 6) is 2.25. The minimum Gasteiger partial charge on any atom is -0.383 e. The van der Waals surface area contributed by atoms with Gasteiger partial charge >= 0.3 is 0 Å². The first-order chi connectivity index (χ1) is 7.70. The second-order valence-electron chi connectivity index (χ2n) is 4.06. The Morgan fingerprint density at radius 3 is 2.94 bits per heavy atom. The topological polar surface area (TPSA) is 55.6 Å². The maximum absolute atomic E-state index is 12.1. The van der Waals surface area contributed by atoms with Gasteiger partial charge in [-0.05, 0) is 18.6 Å². The first-order valence-corrected chi connectivity index (χ1v) is 6.98.